The Morgan fingerprint density at radius 1 is 1.18 bits per heavy atom. The van der Waals surface area contributed by atoms with Crippen LogP contribution in [0.4, 0.5) is 5.69 Å². The van der Waals surface area contributed by atoms with Gasteiger partial charge in [-0.25, -0.2) is 0 Å². The normalized spacial score (nSPS) is 9.59. The van der Waals surface area contributed by atoms with Gasteiger partial charge >= 0.3 is 0 Å². The van der Waals surface area contributed by atoms with E-state index in [4.69, 9.17) is 5.73 Å². The summed E-state index contributed by atoms with van der Waals surface area (Å²) in [5, 5.41) is 9.62. The van der Waals surface area contributed by atoms with E-state index >= 15 is 0 Å². The number of anilines is 1. The number of hydrogen-bond acceptors (Lipinski definition) is 3. The van der Waals surface area contributed by atoms with Crippen molar-refractivity contribution in [2.75, 3.05) is 25.4 Å². The lowest BCUT2D eigenvalue weighted by molar-refractivity contribution is 0.306. The Kier molecular flexibility index (Phi) is 10.3. The SMILES string of the molecule is CCN(CC)CCc1cc(N)ccc1O.Cl.Cl. The monoisotopic (exact) mass is 280 g/mol. The highest BCUT2D eigenvalue weighted by molar-refractivity contribution is 5.85. The molecular weight excluding hydrogens is 259 g/mol. The Labute approximate surface area is 116 Å². The van der Waals surface area contributed by atoms with Crippen LogP contribution >= 0.6 is 24.8 Å². The van der Waals surface area contributed by atoms with Crippen LogP contribution in [0.1, 0.15) is 19.4 Å². The van der Waals surface area contributed by atoms with Gasteiger partial charge in [0.05, 0.1) is 0 Å². The second kappa shape index (κ2) is 9.40. The first kappa shape index (κ1) is 18.7. The van der Waals surface area contributed by atoms with Crippen LogP contribution in [0.15, 0.2) is 18.2 Å². The summed E-state index contributed by atoms with van der Waals surface area (Å²) in [6.07, 6.45) is 0.846. The van der Waals surface area contributed by atoms with Crippen molar-refractivity contribution in [3.63, 3.8) is 0 Å². The Hall–Kier alpha value is -0.640. The van der Waals surface area contributed by atoms with E-state index in [2.05, 4.69) is 18.7 Å². The fourth-order valence-corrected chi connectivity index (χ4v) is 1.62. The van der Waals surface area contributed by atoms with E-state index in [1.54, 1.807) is 12.1 Å². The summed E-state index contributed by atoms with van der Waals surface area (Å²) < 4.78 is 0. The molecular formula is C12H22Cl2N2O. The highest BCUT2D eigenvalue weighted by atomic mass is 35.5. The predicted molar refractivity (Wildman–Crippen MR) is 78.5 cm³/mol. The minimum atomic E-state index is 0. The molecule has 0 amide bonds. The van der Waals surface area contributed by atoms with E-state index in [0.717, 1.165) is 31.6 Å². The molecule has 0 unspecified atom stereocenters. The first-order valence-electron chi connectivity index (χ1n) is 5.47. The average Bonchev–Trinajstić information content (AvgIpc) is 2.24. The quantitative estimate of drug-likeness (QED) is 0.644. The van der Waals surface area contributed by atoms with Crippen LogP contribution in [0, 0.1) is 0 Å². The van der Waals surface area contributed by atoms with Crippen molar-refractivity contribution in [2.45, 2.75) is 20.3 Å². The van der Waals surface area contributed by atoms with E-state index in [1.165, 1.54) is 0 Å². The van der Waals surface area contributed by atoms with Crippen molar-refractivity contribution in [1.29, 1.82) is 0 Å². The van der Waals surface area contributed by atoms with E-state index in [9.17, 15) is 5.11 Å². The van der Waals surface area contributed by atoms with E-state index < -0.39 is 0 Å². The number of phenolic OH excluding ortho intramolecular Hbond substituents is 1. The molecule has 3 N–H and O–H groups in total. The Morgan fingerprint density at radius 2 is 1.76 bits per heavy atom. The van der Waals surface area contributed by atoms with Gasteiger partial charge in [-0.05, 0) is 43.3 Å². The van der Waals surface area contributed by atoms with Crippen molar-refractivity contribution in [3.8, 4) is 5.75 Å². The number of likely N-dealkylation sites (N-methyl/N-ethyl adjacent to an activating group) is 1. The number of nitrogens with zero attached hydrogens (tertiary/aromatic N) is 1. The third-order valence-electron chi connectivity index (χ3n) is 2.70. The maximum atomic E-state index is 9.62. The molecule has 3 nitrogen and oxygen atoms in total. The van der Waals surface area contributed by atoms with E-state index in [1.807, 2.05) is 6.07 Å². The van der Waals surface area contributed by atoms with Gasteiger partial charge in [0.2, 0.25) is 0 Å². The highest BCUT2D eigenvalue weighted by Crippen LogP contribution is 2.20. The van der Waals surface area contributed by atoms with Gasteiger partial charge in [0.15, 0.2) is 0 Å². The topological polar surface area (TPSA) is 49.5 Å². The summed E-state index contributed by atoms with van der Waals surface area (Å²) in [5.41, 5.74) is 7.32. The summed E-state index contributed by atoms with van der Waals surface area (Å²) in [7, 11) is 0. The van der Waals surface area contributed by atoms with Crippen LogP contribution in [-0.4, -0.2) is 29.6 Å². The summed E-state index contributed by atoms with van der Waals surface area (Å²) in [5.74, 6) is 0.344. The zero-order chi connectivity index (χ0) is 11.3. The van der Waals surface area contributed by atoms with Crippen molar-refractivity contribution < 1.29 is 5.11 Å². The molecule has 1 aromatic rings. The van der Waals surface area contributed by atoms with Gasteiger partial charge in [-0.15, -0.1) is 24.8 Å². The number of hydrogen-bond donors (Lipinski definition) is 2. The lowest BCUT2D eigenvalue weighted by atomic mass is 10.1. The second-order valence-corrected chi connectivity index (χ2v) is 3.67. The van der Waals surface area contributed by atoms with Crippen molar-refractivity contribution in [3.05, 3.63) is 23.8 Å². The zero-order valence-corrected chi connectivity index (χ0v) is 12.0. The second-order valence-electron chi connectivity index (χ2n) is 3.67. The molecule has 0 aromatic heterocycles. The Balaban J connectivity index is 0. The zero-order valence-electron chi connectivity index (χ0n) is 10.3. The summed E-state index contributed by atoms with van der Waals surface area (Å²) in [6, 6.07) is 5.22. The minimum Gasteiger partial charge on any atom is -0.508 e. The standard InChI is InChI=1S/C12H20N2O.2ClH/c1-3-14(4-2)8-7-10-9-11(13)5-6-12(10)15;;/h5-6,9,15H,3-4,7-8,13H2,1-2H3;2*1H. The van der Waals surface area contributed by atoms with Crippen LogP contribution in [0.5, 0.6) is 5.75 Å². The van der Waals surface area contributed by atoms with E-state index in [-0.39, 0.29) is 24.8 Å². The average molecular weight is 281 g/mol. The fourth-order valence-electron chi connectivity index (χ4n) is 1.62. The molecule has 0 bridgehead atoms. The molecule has 0 heterocycles. The molecule has 0 radical (unpaired) electrons. The maximum absolute atomic E-state index is 9.62. The number of nitrogen functional groups attached to an aromatic ring is 1. The number of nitrogens with two attached hydrogens (primary N) is 1. The van der Waals surface area contributed by atoms with Gasteiger partial charge in [-0.3, -0.25) is 0 Å². The van der Waals surface area contributed by atoms with E-state index in [0.29, 0.717) is 11.4 Å². The lowest BCUT2D eigenvalue weighted by Gasteiger charge is -2.18. The first-order chi connectivity index (χ1) is 7.17. The summed E-state index contributed by atoms with van der Waals surface area (Å²) >= 11 is 0. The number of benzene rings is 1. The third kappa shape index (κ3) is 6.01. The molecule has 0 saturated heterocycles. The lowest BCUT2D eigenvalue weighted by Crippen LogP contribution is -2.25. The maximum Gasteiger partial charge on any atom is 0.118 e. The number of rotatable bonds is 5. The van der Waals surface area contributed by atoms with Gasteiger partial charge in [-0.2, -0.15) is 0 Å². The summed E-state index contributed by atoms with van der Waals surface area (Å²) in [4.78, 5) is 2.32. The Morgan fingerprint density at radius 3 is 2.29 bits per heavy atom. The third-order valence-corrected chi connectivity index (χ3v) is 2.70. The minimum absolute atomic E-state index is 0. The molecule has 100 valence electrons. The molecule has 0 aliphatic carbocycles. The molecule has 1 aromatic carbocycles. The fraction of sp³-hybridized carbons (Fsp3) is 0.500. The molecule has 17 heavy (non-hydrogen) atoms. The predicted octanol–water partition coefficient (Wildman–Crippen LogP) is 2.70. The molecule has 0 saturated carbocycles. The smallest absolute Gasteiger partial charge is 0.118 e. The molecule has 0 spiro atoms. The highest BCUT2D eigenvalue weighted by Gasteiger charge is 2.04. The van der Waals surface area contributed by atoms with Gasteiger partial charge in [0.25, 0.3) is 0 Å². The van der Waals surface area contributed by atoms with Crippen LogP contribution in [0.2, 0.25) is 0 Å². The molecule has 5 heteroatoms. The van der Waals surface area contributed by atoms with Crippen LogP contribution < -0.4 is 5.73 Å². The molecule has 0 aliphatic rings. The largest absolute Gasteiger partial charge is 0.508 e. The van der Waals surface area contributed by atoms with Crippen molar-refractivity contribution >= 4 is 30.5 Å². The van der Waals surface area contributed by atoms with Gasteiger partial charge in [0.1, 0.15) is 5.75 Å². The van der Waals surface area contributed by atoms with Crippen LogP contribution in [-0.2, 0) is 6.42 Å². The van der Waals surface area contributed by atoms with Gasteiger partial charge < -0.3 is 15.7 Å². The first-order valence-corrected chi connectivity index (χ1v) is 5.47. The number of aromatic hydroxyl groups is 1. The van der Waals surface area contributed by atoms with Gasteiger partial charge in [-0.1, -0.05) is 13.8 Å². The van der Waals surface area contributed by atoms with Gasteiger partial charge in [0, 0.05) is 12.2 Å². The molecule has 0 atom stereocenters. The molecule has 0 fully saturated rings. The van der Waals surface area contributed by atoms with Crippen molar-refractivity contribution in [2.24, 2.45) is 0 Å². The molecule has 0 aliphatic heterocycles. The number of halogens is 2. The summed E-state index contributed by atoms with van der Waals surface area (Å²) in [6.45, 7) is 7.33. The number of phenols is 1. The van der Waals surface area contributed by atoms with Crippen LogP contribution in [0.25, 0.3) is 0 Å². The van der Waals surface area contributed by atoms with Crippen molar-refractivity contribution in [1.82, 2.24) is 4.90 Å². The molecule has 1 rings (SSSR count). The Bertz CT molecular complexity index is 317. The van der Waals surface area contributed by atoms with Crippen LogP contribution in [0.3, 0.4) is 0 Å².